The molecule has 0 bridgehead atoms. The molecule has 96 valence electrons. The van der Waals surface area contributed by atoms with E-state index in [1.807, 2.05) is 6.92 Å². The molecule has 1 aromatic carbocycles. The van der Waals surface area contributed by atoms with Gasteiger partial charge in [-0.05, 0) is 47.4 Å². The van der Waals surface area contributed by atoms with Crippen molar-refractivity contribution < 1.29 is 14.6 Å². The van der Waals surface area contributed by atoms with Crippen molar-refractivity contribution in [3.63, 3.8) is 0 Å². The molecule has 1 unspecified atom stereocenters. The average molecular weight is 246 g/mol. The van der Waals surface area contributed by atoms with Gasteiger partial charge in [0.15, 0.2) is 5.78 Å². The van der Waals surface area contributed by atoms with Gasteiger partial charge in [0, 0.05) is 12.2 Å². The molecule has 1 aliphatic carbocycles. The number of ketones is 1. The zero-order valence-corrected chi connectivity index (χ0v) is 10.9. The molecule has 1 aliphatic heterocycles. The van der Waals surface area contributed by atoms with Crippen LogP contribution in [0.5, 0.6) is 0 Å². The van der Waals surface area contributed by atoms with E-state index in [4.69, 9.17) is 4.74 Å². The number of fused-ring (bicyclic) bond motifs is 2. The Hall–Kier alpha value is -1.19. The van der Waals surface area contributed by atoms with E-state index in [0.29, 0.717) is 6.61 Å². The van der Waals surface area contributed by atoms with Crippen molar-refractivity contribution in [2.75, 3.05) is 13.2 Å². The van der Waals surface area contributed by atoms with Gasteiger partial charge in [0.25, 0.3) is 0 Å². The van der Waals surface area contributed by atoms with Crippen LogP contribution in [-0.2, 0) is 24.2 Å². The van der Waals surface area contributed by atoms with E-state index >= 15 is 0 Å². The van der Waals surface area contributed by atoms with Crippen molar-refractivity contribution in [2.45, 2.75) is 33.3 Å². The van der Waals surface area contributed by atoms with Crippen LogP contribution in [-0.4, -0.2) is 24.1 Å². The summed E-state index contributed by atoms with van der Waals surface area (Å²) < 4.78 is 5.30. The zero-order chi connectivity index (χ0) is 12.9. The van der Waals surface area contributed by atoms with Crippen molar-refractivity contribution in [3.05, 3.63) is 33.9 Å². The van der Waals surface area contributed by atoms with Crippen LogP contribution in [0.3, 0.4) is 0 Å². The van der Waals surface area contributed by atoms with E-state index in [2.05, 4.69) is 13.0 Å². The number of hydrogen-bond donors (Lipinski definition) is 1. The number of hydrogen-bond acceptors (Lipinski definition) is 3. The maximum absolute atomic E-state index is 12.0. The van der Waals surface area contributed by atoms with Gasteiger partial charge in [-0.15, -0.1) is 0 Å². The Labute approximate surface area is 107 Å². The van der Waals surface area contributed by atoms with Gasteiger partial charge in [0.05, 0.1) is 6.61 Å². The topological polar surface area (TPSA) is 46.5 Å². The van der Waals surface area contributed by atoms with E-state index in [9.17, 15) is 9.90 Å². The van der Waals surface area contributed by atoms with Crippen LogP contribution in [0, 0.1) is 12.3 Å². The summed E-state index contributed by atoms with van der Waals surface area (Å²) in [5.41, 5.74) is 5.46. The number of carbonyl (C=O) groups excluding carboxylic acids is 1. The first-order valence-electron chi connectivity index (χ1n) is 6.40. The maximum atomic E-state index is 12.0. The summed E-state index contributed by atoms with van der Waals surface area (Å²) in [7, 11) is 0. The average Bonchev–Trinajstić information content (AvgIpc) is 2.67. The summed E-state index contributed by atoms with van der Waals surface area (Å²) in [6, 6.07) is 2.11. The fourth-order valence-electron chi connectivity index (χ4n) is 3.29. The van der Waals surface area contributed by atoms with E-state index in [1.54, 1.807) is 0 Å². The van der Waals surface area contributed by atoms with E-state index in [1.165, 1.54) is 11.1 Å². The van der Waals surface area contributed by atoms with Crippen LogP contribution < -0.4 is 0 Å². The quantitative estimate of drug-likeness (QED) is 0.822. The van der Waals surface area contributed by atoms with Gasteiger partial charge >= 0.3 is 0 Å². The smallest absolute Gasteiger partial charge is 0.189 e. The highest BCUT2D eigenvalue weighted by molar-refractivity contribution is 6.01. The van der Waals surface area contributed by atoms with E-state index < -0.39 is 0 Å². The minimum absolute atomic E-state index is 0.0685. The lowest BCUT2D eigenvalue weighted by Gasteiger charge is -2.20. The highest BCUT2D eigenvalue weighted by Crippen LogP contribution is 2.40. The molecular weight excluding hydrogens is 228 g/mol. The largest absolute Gasteiger partial charge is 0.396 e. The lowest BCUT2D eigenvalue weighted by Crippen LogP contribution is -2.21. The molecule has 0 fully saturated rings. The molecule has 0 aromatic heterocycles. The van der Waals surface area contributed by atoms with Gasteiger partial charge in [-0.2, -0.15) is 0 Å². The maximum Gasteiger partial charge on any atom is 0.189 e. The van der Waals surface area contributed by atoms with Crippen LogP contribution in [0.2, 0.25) is 0 Å². The second kappa shape index (κ2) is 3.90. The normalized spacial score (nSPS) is 26.1. The SMILES string of the molecule is Cc1c2c(cc3c1C(=O)COC3)CC(C)(CO)C2. The molecule has 2 aliphatic rings. The summed E-state index contributed by atoms with van der Waals surface area (Å²) in [4.78, 5) is 12.0. The van der Waals surface area contributed by atoms with Gasteiger partial charge in [0.2, 0.25) is 0 Å². The monoisotopic (exact) mass is 246 g/mol. The Bertz CT molecular complexity index is 533. The van der Waals surface area contributed by atoms with Crippen molar-refractivity contribution in [3.8, 4) is 0 Å². The Kier molecular flexibility index (Phi) is 2.57. The van der Waals surface area contributed by atoms with Crippen LogP contribution in [0.4, 0.5) is 0 Å². The fraction of sp³-hybridized carbons (Fsp3) is 0.533. The van der Waals surface area contributed by atoms with Gasteiger partial charge in [-0.1, -0.05) is 13.0 Å². The minimum Gasteiger partial charge on any atom is -0.396 e. The third-order valence-corrected chi connectivity index (χ3v) is 4.26. The van der Waals surface area contributed by atoms with Crippen molar-refractivity contribution in [1.82, 2.24) is 0 Å². The number of ether oxygens (including phenoxy) is 1. The molecule has 0 saturated heterocycles. The fourth-order valence-corrected chi connectivity index (χ4v) is 3.29. The molecule has 1 atom stereocenters. The molecule has 0 amide bonds. The molecular formula is C15H18O3. The molecule has 18 heavy (non-hydrogen) atoms. The molecule has 0 spiro atoms. The first-order valence-corrected chi connectivity index (χ1v) is 6.40. The standard InChI is InChI=1S/C15H18O3/c1-9-12-5-15(2,8-16)4-10(12)3-11-6-18-7-13(17)14(9)11/h3,16H,4-8H2,1-2H3. The molecule has 3 heteroatoms. The third-order valence-electron chi connectivity index (χ3n) is 4.26. The first-order chi connectivity index (χ1) is 8.54. The summed E-state index contributed by atoms with van der Waals surface area (Å²) in [6.07, 6.45) is 1.76. The van der Waals surface area contributed by atoms with Gasteiger partial charge in [-0.3, -0.25) is 4.79 Å². The van der Waals surface area contributed by atoms with Crippen molar-refractivity contribution in [1.29, 1.82) is 0 Å². The zero-order valence-electron chi connectivity index (χ0n) is 10.9. The summed E-state index contributed by atoms with van der Waals surface area (Å²) in [5, 5.41) is 9.51. The number of benzene rings is 1. The Morgan fingerprint density at radius 3 is 2.83 bits per heavy atom. The Morgan fingerprint density at radius 2 is 2.11 bits per heavy atom. The predicted octanol–water partition coefficient (Wildman–Crippen LogP) is 1.81. The van der Waals surface area contributed by atoms with Gasteiger partial charge < -0.3 is 9.84 Å². The van der Waals surface area contributed by atoms with E-state index in [-0.39, 0.29) is 24.4 Å². The lowest BCUT2D eigenvalue weighted by molar-refractivity contribution is 0.0664. The number of rotatable bonds is 1. The van der Waals surface area contributed by atoms with Gasteiger partial charge in [0.1, 0.15) is 6.61 Å². The lowest BCUT2D eigenvalue weighted by atomic mass is 9.88. The number of aliphatic hydroxyl groups is 1. The van der Waals surface area contributed by atoms with Crippen molar-refractivity contribution >= 4 is 5.78 Å². The van der Waals surface area contributed by atoms with Crippen LogP contribution in [0.1, 0.15) is 39.5 Å². The highest BCUT2D eigenvalue weighted by Gasteiger charge is 2.35. The molecule has 3 nitrogen and oxygen atoms in total. The van der Waals surface area contributed by atoms with E-state index in [0.717, 1.165) is 29.5 Å². The highest BCUT2D eigenvalue weighted by atomic mass is 16.5. The first kappa shape index (κ1) is 11.9. The molecule has 1 heterocycles. The minimum atomic E-state index is -0.0685. The molecule has 3 rings (SSSR count). The van der Waals surface area contributed by atoms with Crippen molar-refractivity contribution in [2.24, 2.45) is 5.41 Å². The second-order valence-electron chi connectivity index (χ2n) is 5.91. The number of aliphatic hydroxyl groups excluding tert-OH is 1. The molecule has 0 radical (unpaired) electrons. The number of Topliss-reactive ketones (excluding diaryl/α,β-unsaturated/α-hetero) is 1. The molecule has 1 aromatic rings. The molecule has 1 N–H and O–H groups in total. The molecule has 0 saturated carbocycles. The van der Waals surface area contributed by atoms with Crippen LogP contribution in [0.15, 0.2) is 6.07 Å². The van der Waals surface area contributed by atoms with Crippen LogP contribution in [0.25, 0.3) is 0 Å². The second-order valence-corrected chi connectivity index (χ2v) is 5.91. The van der Waals surface area contributed by atoms with Crippen LogP contribution >= 0.6 is 0 Å². The summed E-state index contributed by atoms with van der Waals surface area (Å²) >= 11 is 0. The third kappa shape index (κ3) is 1.62. The predicted molar refractivity (Wildman–Crippen MR) is 67.8 cm³/mol. The Balaban J connectivity index is 2.14. The summed E-state index contributed by atoms with van der Waals surface area (Å²) in [5.74, 6) is 0.0918. The van der Waals surface area contributed by atoms with Gasteiger partial charge in [-0.25, -0.2) is 0 Å². The number of carbonyl (C=O) groups is 1. The Morgan fingerprint density at radius 1 is 1.33 bits per heavy atom. The summed E-state index contributed by atoms with van der Waals surface area (Å²) in [6.45, 7) is 5.05.